The van der Waals surface area contributed by atoms with E-state index in [4.69, 9.17) is 4.74 Å². The summed E-state index contributed by atoms with van der Waals surface area (Å²) in [5.74, 6) is -1.58. The summed E-state index contributed by atoms with van der Waals surface area (Å²) >= 11 is 0. The topological polar surface area (TPSA) is 79.0 Å². The first-order valence-corrected chi connectivity index (χ1v) is 7.71. The van der Waals surface area contributed by atoms with Gasteiger partial charge >= 0.3 is 11.8 Å². The fourth-order valence-corrected chi connectivity index (χ4v) is 2.95. The van der Waals surface area contributed by atoms with Crippen molar-refractivity contribution in [2.24, 2.45) is 0 Å². The molecule has 1 aromatic carbocycles. The molecule has 0 radical (unpaired) electrons. The second-order valence-corrected chi connectivity index (χ2v) is 5.45. The van der Waals surface area contributed by atoms with Gasteiger partial charge in [-0.3, -0.25) is 14.4 Å². The Morgan fingerprint density at radius 1 is 1.26 bits per heavy atom. The standard InChI is InChI=1S/C16H19N3O4/c1-2-19-12-6-4-3-5-11(12)13(15(19)21)17-14(20)16(22)18-7-9-23-10-8-18/h3-6,13H,2,7-10H2,1H3,(H,17,20)/t13-/m1/s1. The Morgan fingerprint density at radius 2 is 1.96 bits per heavy atom. The molecular formula is C16H19N3O4. The summed E-state index contributed by atoms with van der Waals surface area (Å²) < 4.78 is 5.17. The minimum Gasteiger partial charge on any atom is -0.378 e. The van der Waals surface area contributed by atoms with Gasteiger partial charge < -0.3 is 19.9 Å². The number of benzene rings is 1. The lowest BCUT2D eigenvalue weighted by atomic mass is 10.1. The summed E-state index contributed by atoms with van der Waals surface area (Å²) in [6.45, 7) is 4.02. The van der Waals surface area contributed by atoms with E-state index in [1.165, 1.54) is 4.90 Å². The number of morpholine rings is 1. The van der Waals surface area contributed by atoms with E-state index >= 15 is 0 Å². The molecule has 0 aliphatic carbocycles. The smallest absolute Gasteiger partial charge is 0.312 e. The van der Waals surface area contributed by atoms with Crippen molar-refractivity contribution in [3.8, 4) is 0 Å². The molecular weight excluding hydrogens is 298 g/mol. The molecule has 1 fully saturated rings. The maximum absolute atomic E-state index is 12.5. The van der Waals surface area contributed by atoms with Gasteiger partial charge in [0.1, 0.15) is 6.04 Å². The molecule has 0 bridgehead atoms. The first-order valence-electron chi connectivity index (χ1n) is 7.71. The summed E-state index contributed by atoms with van der Waals surface area (Å²) in [4.78, 5) is 40.0. The van der Waals surface area contributed by atoms with Crippen molar-refractivity contribution in [1.82, 2.24) is 10.2 Å². The van der Waals surface area contributed by atoms with Crippen LogP contribution in [0, 0.1) is 0 Å². The van der Waals surface area contributed by atoms with Crippen molar-refractivity contribution in [1.29, 1.82) is 0 Å². The number of carbonyl (C=O) groups is 3. The van der Waals surface area contributed by atoms with E-state index in [9.17, 15) is 14.4 Å². The van der Waals surface area contributed by atoms with E-state index in [1.54, 1.807) is 11.0 Å². The largest absolute Gasteiger partial charge is 0.378 e. The van der Waals surface area contributed by atoms with Crippen LogP contribution >= 0.6 is 0 Å². The number of likely N-dealkylation sites (N-methyl/N-ethyl adjacent to an activating group) is 1. The highest BCUT2D eigenvalue weighted by Gasteiger charge is 2.38. The number of fused-ring (bicyclic) bond motifs is 1. The molecule has 3 rings (SSSR count). The van der Waals surface area contributed by atoms with E-state index in [1.807, 2.05) is 25.1 Å². The highest BCUT2D eigenvalue weighted by molar-refractivity contribution is 6.35. The monoisotopic (exact) mass is 317 g/mol. The zero-order chi connectivity index (χ0) is 16.4. The van der Waals surface area contributed by atoms with Crippen LogP contribution in [0.1, 0.15) is 18.5 Å². The van der Waals surface area contributed by atoms with Crippen LogP contribution in [0.15, 0.2) is 24.3 Å². The average molecular weight is 317 g/mol. The summed E-state index contributed by atoms with van der Waals surface area (Å²) in [5.41, 5.74) is 1.51. The Bertz CT molecular complexity index is 640. The lowest BCUT2D eigenvalue weighted by Crippen LogP contribution is -2.49. The van der Waals surface area contributed by atoms with E-state index in [-0.39, 0.29) is 5.91 Å². The van der Waals surface area contributed by atoms with Crippen molar-refractivity contribution in [3.05, 3.63) is 29.8 Å². The molecule has 0 unspecified atom stereocenters. The predicted octanol–water partition coefficient (Wildman–Crippen LogP) is 0.0692. The van der Waals surface area contributed by atoms with Crippen LogP contribution < -0.4 is 10.2 Å². The zero-order valence-corrected chi connectivity index (χ0v) is 12.9. The fourth-order valence-electron chi connectivity index (χ4n) is 2.95. The maximum Gasteiger partial charge on any atom is 0.312 e. The van der Waals surface area contributed by atoms with Crippen LogP contribution in [0.3, 0.4) is 0 Å². The van der Waals surface area contributed by atoms with Gasteiger partial charge in [0.25, 0.3) is 5.91 Å². The lowest BCUT2D eigenvalue weighted by Gasteiger charge is -2.26. The first kappa shape index (κ1) is 15.5. The normalized spacial score (nSPS) is 20.4. The Labute approximate surface area is 134 Å². The summed E-state index contributed by atoms with van der Waals surface area (Å²) in [5, 5.41) is 2.58. The van der Waals surface area contributed by atoms with Gasteiger partial charge in [0, 0.05) is 30.9 Å². The number of rotatable bonds is 2. The first-order chi connectivity index (χ1) is 11.1. The van der Waals surface area contributed by atoms with E-state index < -0.39 is 17.9 Å². The molecule has 0 saturated carbocycles. The molecule has 1 atom stereocenters. The SMILES string of the molecule is CCN1C(=O)[C@H](NC(=O)C(=O)N2CCOCC2)c2ccccc21. The maximum atomic E-state index is 12.5. The minimum absolute atomic E-state index is 0.211. The van der Waals surface area contributed by atoms with Crippen molar-refractivity contribution in [2.75, 3.05) is 37.7 Å². The molecule has 7 heteroatoms. The Hall–Kier alpha value is -2.41. The van der Waals surface area contributed by atoms with Gasteiger partial charge in [-0.25, -0.2) is 0 Å². The number of anilines is 1. The fraction of sp³-hybridized carbons (Fsp3) is 0.438. The van der Waals surface area contributed by atoms with Crippen molar-refractivity contribution in [2.45, 2.75) is 13.0 Å². The zero-order valence-electron chi connectivity index (χ0n) is 12.9. The van der Waals surface area contributed by atoms with Gasteiger partial charge in [0.15, 0.2) is 0 Å². The third-order valence-corrected chi connectivity index (χ3v) is 4.14. The van der Waals surface area contributed by atoms with Crippen LogP contribution in [0.2, 0.25) is 0 Å². The molecule has 122 valence electrons. The van der Waals surface area contributed by atoms with E-state index in [2.05, 4.69) is 5.32 Å². The number of carbonyl (C=O) groups excluding carboxylic acids is 3. The summed E-state index contributed by atoms with van der Waals surface area (Å²) in [7, 11) is 0. The number of hydrogen-bond donors (Lipinski definition) is 1. The van der Waals surface area contributed by atoms with Crippen LogP contribution in [0.4, 0.5) is 5.69 Å². The van der Waals surface area contributed by atoms with Gasteiger partial charge in [-0.2, -0.15) is 0 Å². The van der Waals surface area contributed by atoms with Crippen molar-refractivity contribution >= 4 is 23.4 Å². The highest BCUT2D eigenvalue weighted by atomic mass is 16.5. The van der Waals surface area contributed by atoms with Crippen LogP contribution in [-0.4, -0.2) is 55.5 Å². The van der Waals surface area contributed by atoms with Crippen LogP contribution in [0.25, 0.3) is 0 Å². The Morgan fingerprint density at radius 3 is 2.65 bits per heavy atom. The molecule has 7 nitrogen and oxygen atoms in total. The van der Waals surface area contributed by atoms with Crippen LogP contribution in [0.5, 0.6) is 0 Å². The highest BCUT2D eigenvalue weighted by Crippen LogP contribution is 2.35. The van der Waals surface area contributed by atoms with Crippen molar-refractivity contribution in [3.63, 3.8) is 0 Å². The molecule has 3 amide bonds. The third-order valence-electron chi connectivity index (χ3n) is 4.14. The van der Waals surface area contributed by atoms with E-state index in [0.29, 0.717) is 32.8 Å². The number of ether oxygens (including phenoxy) is 1. The molecule has 23 heavy (non-hydrogen) atoms. The van der Waals surface area contributed by atoms with Gasteiger partial charge in [0.05, 0.1) is 13.2 Å². The molecule has 1 saturated heterocycles. The van der Waals surface area contributed by atoms with Gasteiger partial charge in [-0.1, -0.05) is 18.2 Å². The lowest BCUT2D eigenvalue weighted by molar-refractivity contribution is -0.149. The quantitative estimate of drug-likeness (QED) is 0.783. The molecule has 2 heterocycles. The summed E-state index contributed by atoms with van der Waals surface area (Å²) in [6.07, 6.45) is 0. The average Bonchev–Trinajstić information content (AvgIpc) is 2.86. The molecule has 1 aromatic rings. The molecule has 0 spiro atoms. The van der Waals surface area contributed by atoms with Crippen LogP contribution in [-0.2, 0) is 19.1 Å². The third kappa shape index (κ3) is 2.79. The number of nitrogens with one attached hydrogen (secondary N) is 1. The minimum atomic E-state index is -0.802. The van der Waals surface area contributed by atoms with Gasteiger partial charge in [-0.15, -0.1) is 0 Å². The predicted molar refractivity (Wildman–Crippen MR) is 82.8 cm³/mol. The summed E-state index contributed by atoms with van der Waals surface area (Å²) in [6, 6.07) is 6.50. The molecule has 2 aliphatic rings. The number of para-hydroxylation sites is 1. The molecule has 2 aliphatic heterocycles. The van der Waals surface area contributed by atoms with Gasteiger partial charge in [0.2, 0.25) is 0 Å². The van der Waals surface area contributed by atoms with E-state index in [0.717, 1.165) is 11.3 Å². The number of nitrogens with zero attached hydrogens (tertiary/aromatic N) is 2. The molecule has 1 N–H and O–H groups in total. The molecule has 0 aromatic heterocycles. The second-order valence-electron chi connectivity index (χ2n) is 5.45. The second kappa shape index (κ2) is 6.37. The number of hydrogen-bond acceptors (Lipinski definition) is 4. The van der Waals surface area contributed by atoms with Gasteiger partial charge in [-0.05, 0) is 13.0 Å². The Kier molecular flexibility index (Phi) is 4.29. The van der Waals surface area contributed by atoms with Crippen molar-refractivity contribution < 1.29 is 19.1 Å². The number of amides is 3. The Balaban J connectivity index is 1.75.